The molecule has 6 nitrogen and oxygen atoms in total. The lowest BCUT2D eigenvalue weighted by Gasteiger charge is -2.30. The monoisotopic (exact) mass is 414 g/mol. The molecule has 1 saturated heterocycles. The first kappa shape index (κ1) is 21.5. The van der Waals surface area contributed by atoms with Gasteiger partial charge in [0.2, 0.25) is 5.91 Å². The van der Waals surface area contributed by atoms with Crippen molar-refractivity contribution < 1.29 is 9.59 Å². The number of nitrogens with zero attached hydrogens (tertiary/aromatic N) is 2. The second-order valence-electron chi connectivity index (χ2n) is 7.75. The first-order valence-corrected chi connectivity index (χ1v) is 10.9. The molecule has 29 heavy (non-hydrogen) atoms. The van der Waals surface area contributed by atoms with Crippen LogP contribution in [0.3, 0.4) is 0 Å². The van der Waals surface area contributed by atoms with Crippen LogP contribution in [0.2, 0.25) is 0 Å². The van der Waals surface area contributed by atoms with Crippen molar-refractivity contribution in [3.8, 4) is 0 Å². The largest absolute Gasteiger partial charge is 0.364 e. The standard InChI is InChI=1S/C22H30N4O2S/c1-4-15(2)16-5-7-18(8-6-16)24-22(28)17-9-11-26(12-10-17)29-19-13-20(21(23)27)25(3)14-19/h5-8,13-15,17H,4,9-12H2,1-3H3,(H2,23,27)(H,24,28). The number of nitrogens with one attached hydrogen (secondary N) is 1. The highest BCUT2D eigenvalue weighted by Crippen LogP contribution is 2.30. The van der Waals surface area contributed by atoms with Crippen molar-refractivity contribution in [3.63, 3.8) is 0 Å². The molecule has 1 aromatic carbocycles. The Hall–Kier alpha value is -2.25. The van der Waals surface area contributed by atoms with Crippen LogP contribution in [0.15, 0.2) is 41.4 Å². The second-order valence-corrected chi connectivity index (χ2v) is 8.92. The maximum Gasteiger partial charge on any atom is 0.265 e. The van der Waals surface area contributed by atoms with E-state index in [0.717, 1.165) is 42.9 Å². The highest BCUT2D eigenvalue weighted by atomic mass is 32.2. The van der Waals surface area contributed by atoms with Gasteiger partial charge in [-0.2, -0.15) is 0 Å². The molecule has 3 rings (SSSR count). The molecule has 1 unspecified atom stereocenters. The molecule has 2 amide bonds. The molecule has 1 atom stereocenters. The molecular formula is C22H30N4O2S. The fourth-order valence-electron chi connectivity index (χ4n) is 3.56. The fraction of sp³-hybridized carbons (Fsp3) is 0.455. The summed E-state index contributed by atoms with van der Waals surface area (Å²) in [7, 11) is 1.82. The van der Waals surface area contributed by atoms with Crippen LogP contribution in [0, 0.1) is 5.92 Å². The molecule has 0 aliphatic carbocycles. The van der Waals surface area contributed by atoms with Crippen LogP contribution >= 0.6 is 11.9 Å². The Balaban J connectivity index is 1.49. The lowest BCUT2D eigenvalue weighted by molar-refractivity contribution is -0.120. The zero-order valence-corrected chi connectivity index (χ0v) is 18.2. The molecule has 1 aromatic heterocycles. The maximum atomic E-state index is 12.6. The van der Waals surface area contributed by atoms with E-state index in [-0.39, 0.29) is 11.8 Å². The summed E-state index contributed by atoms with van der Waals surface area (Å²) in [4.78, 5) is 25.0. The van der Waals surface area contributed by atoms with Gasteiger partial charge < -0.3 is 15.6 Å². The number of anilines is 1. The van der Waals surface area contributed by atoms with Crippen LogP contribution in [0.5, 0.6) is 0 Å². The van der Waals surface area contributed by atoms with E-state index < -0.39 is 5.91 Å². The average molecular weight is 415 g/mol. The molecule has 3 N–H and O–H groups in total. The van der Waals surface area contributed by atoms with Crippen LogP contribution in [0.25, 0.3) is 0 Å². The zero-order chi connectivity index (χ0) is 21.0. The molecule has 1 aliphatic rings. The third kappa shape index (κ3) is 5.42. The minimum Gasteiger partial charge on any atom is -0.364 e. The van der Waals surface area contributed by atoms with E-state index in [9.17, 15) is 9.59 Å². The summed E-state index contributed by atoms with van der Waals surface area (Å²) in [5, 5.41) is 3.06. The van der Waals surface area contributed by atoms with Crippen LogP contribution < -0.4 is 11.1 Å². The topological polar surface area (TPSA) is 80.4 Å². The average Bonchev–Trinajstić information content (AvgIpc) is 3.08. The number of hydrogen-bond acceptors (Lipinski definition) is 4. The van der Waals surface area contributed by atoms with Gasteiger partial charge in [-0.05, 0) is 60.9 Å². The number of hydrogen-bond donors (Lipinski definition) is 2. The van der Waals surface area contributed by atoms with E-state index in [0.29, 0.717) is 11.6 Å². The Labute approximate surface area is 177 Å². The fourth-order valence-corrected chi connectivity index (χ4v) is 4.62. The van der Waals surface area contributed by atoms with Crippen LogP contribution in [-0.2, 0) is 11.8 Å². The molecule has 1 fully saturated rings. The first-order valence-electron chi connectivity index (χ1n) is 10.2. The predicted molar refractivity (Wildman–Crippen MR) is 118 cm³/mol. The predicted octanol–water partition coefficient (Wildman–Crippen LogP) is 4.00. The Kier molecular flexibility index (Phi) is 7.03. The molecule has 1 aliphatic heterocycles. The van der Waals surface area contributed by atoms with Gasteiger partial charge in [-0.3, -0.25) is 9.59 Å². The summed E-state index contributed by atoms with van der Waals surface area (Å²) in [5.41, 5.74) is 8.04. The molecule has 2 heterocycles. The summed E-state index contributed by atoms with van der Waals surface area (Å²) < 4.78 is 3.99. The molecular weight excluding hydrogens is 384 g/mol. The molecule has 156 valence electrons. The summed E-state index contributed by atoms with van der Waals surface area (Å²) in [6.45, 7) is 6.05. The summed E-state index contributed by atoms with van der Waals surface area (Å²) in [5.74, 6) is 0.233. The number of carbonyl (C=O) groups excluding carboxylic acids is 2. The van der Waals surface area contributed by atoms with Gasteiger partial charge in [-0.15, -0.1) is 0 Å². The quantitative estimate of drug-likeness (QED) is 0.671. The van der Waals surface area contributed by atoms with Crippen molar-refractivity contribution in [2.75, 3.05) is 18.4 Å². The van der Waals surface area contributed by atoms with Crippen molar-refractivity contribution in [1.82, 2.24) is 8.87 Å². The number of nitrogens with two attached hydrogens (primary N) is 1. The van der Waals surface area contributed by atoms with Crippen LogP contribution in [0.1, 0.15) is 55.1 Å². The number of piperidine rings is 1. The smallest absolute Gasteiger partial charge is 0.265 e. The van der Waals surface area contributed by atoms with Crippen LogP contribution in [0.4, 0.5) is 5.69 Å². The van der Waals surface area contributed by atoms with Gasteiger partial charge in [0.05, 0.1) is 0 Å². The summed E-state index contributed by atoms with van der Waals surface area (Å²) >= 11 is 1.61. The van der Waals surface area contributed by atoms with Crippen molar-refractivity contribution in [1.29, 1.82) is 0 Å². The van der Waals surface area contributed by atoms with Gasteiger partial charge >= 0.3 is 0 Å². The Morgan fingerprint density at radius 1 is 1.24 bits per heavy atom. The summed E-state index contributed by atoms with van der Waals surface area (Å²) in [6.07, 6.45) is 4.65. The number of primary amides is 1. The minimum absolute atomic E-state index is 0.0260. The van der Waals surface area contributed by atoms with E-state index in [2.05, 4.69) is 35.6 Å². The van der Waals surface area contributed by atoms with Crippen molar-refractivity contribution in [2.45, 2.75) is 43.9 Å². The molecule has 0 saturated carbocycles. The Morgan fingerprint density at radius 3 is 2.45 bits per heavy atom. The zero-order valence-electron chi connectivity index (χ0n) is 17.4. The normalized spacial score (nSPS) is 16.5. The third-order valence-corrected chi connectivity index (χ3v) is 6.71. The van der Waals surface area contributed by atoms with E-state index >= 15 is 0 Å². The van der Waals surface area contributed by atoms with Gasteiger partial charge in [0.15, 0.2) is 0 Å². The number of rotatable bonds is 7. The van der Waals surface area contributed by atoms with Crippen molar-refractivity contribution >= 4 is 29.4 Å². The molecule has 0 bridgehead atoms. The van der Waals surface area contributed by atoms with Crippen molar-refractivity contribution in [2.24, 2.45) is 18.7 Å². The van der Waals surface area contributed by atoms with Gasteiger partial charge in [-0.1, -0.05) is 26.0 Å². The number of aryl methyl sites for hydroxylation is 1. The first-order chi connectivity index (χ1) is 13.9. The Morgan fingerprint density at radius 2 is 1.90 bits per heavy atom. The molecule has 2 aromatic rings. The van der Waals surface area contributed by atoms with E-state index in [4.69, 9.17) is 5.73 Å². The van der Waals surface area contributed by atoms with Gasteiger partial charge in [-0.25, -0.2) is 4.31 Å². The van der Waals surface area contributed by atoms with Gasteiger partial charge in [0, 0.05) is 42.8 Å². The minimum atomic E-state index is -0.424. The molecule has 7 heteroatoms. The van der Waals surface area contributed by atoms with Crippen molar-refractivity contribution in [3.05, 3.63) is 47.8 Å². The SMILES string of the molecule is CCC(C)c1ccc(NC(=O)C2CCN(Sc3cc(C(N)=O)n(C)c3)CC2)cc1. The Bertz CT molecular complexity index is 854. The highest BCUT2D eigenvalue weighted by molar-refractivity contribution is 7.97. The highest BCUT2D eigenvalue weighted by Gasteiger charge is 2.26. The number of carbonyl (C=O) groups is 2. The summed E-state index contributed by atoms with van der Waals surface area (Å²) in [6, 6.07) is 10.0. The lowest BCUT2D eigenvalue weighted by Crippen LogP contribution is -2.34. The van der Waals surface area contributed by atoms with E-state index in [1.54, 1.807) is 16.5 Å². The van der Waals surface area contributed by atoms with Gasteiger partial charge in [0.25, 0.3) is 5.91 Å². The van der Waals surface area contributed by atoms with Gasteiger partial charge in [0.1, 0.15) is 5.69 Å². The number of amides is 2. The lowest BCUT2D eigenvalue weighted by atomic mass is 9.96. The molecule has 0 radical (unpaired) electrons. The van der Waals surface area contributed by atoms with E-state index in [1.165, 1.54) is 5.56 Å². The van der Waals surface area contributed by atoms with E-state index in [1.807, 2.05) is 31.4 Å². The number of aromatic nitrogens is 1. The third-order valence-electron chi connectivity index (χ3n) is 5.65. The second kappa shape index (κ2) is 9.50. The molecule has 0 spiro atoms. The maximum absolute atomic E-state index is 12.6. The number of benzene rings is 1. The van der Waals surface area contributed by atoms with Crippen LogP contribution in [-0.4, -0.2) is 33.8 Å².